The molecule has 0 N–H and O–H groups in total. The number of rotatable bonds is 3. The van der Waals surface area contributed by atoms with Crippen molar-refractivity contribution in [3.8, 4) is 0 Å². The molecular weight excluding hydrogens is 385 g/mol. The van der Waals surface area contributed by atoms with Crippen molar-refractivity contribution in [1.82, 2.24) is 4.31 Å². The number of hydrogen-bond donors (Lipinski definition) is 0. The summed E-state index contributed by atoms with van der Waals surface area (Å²) in [5.41, 5.74) is 1.12. The first-order valence-electron chi connectivity index (χ1n) is 5.96. The van der Waals surface area contributed by atoms with E-state index >= 15 is 0 Å². The Labute approximate surface area is 123 Å². The van der Waals surface area contributed by atoms with Crippen molar-refractivity contribution < 1.29 is 29.6 Å². The summed E-state index contributed by atoms with van der Waals surface area (Å²) in [5.74, 6) is 0. The fourth-order valence-corrected chi connectivity index (χ4v) is 5.75. The molecule has 3 rings (SSSR count). The van der Waals surface area contributed by atoms with Crippen molar-refractivity contribution in [2.24, 2.45) is 0 Å². The minimum absolute atomic E-state index is 0.255. The van der Waals surface area contributed by atoms with Crippen LogP contribution in [-0.2, 0) is 10.0 Å². The molecule has 1 unspecified atom stereocenters. The molecule has 1 aromatic rings. The van der Waals surface area contributed by atoms with Gasteiger partial charge in [-0.25, -0.2) is 0 Å². The van der Waals surface area contributed by atoms with E-state index in [0.29, 0.717) is 26.9 Å². The third-order valence-electron chi connectivity index (χ3n) is 3.27. The summed E-state index contributed by atoms with van der Waals surface area (Å²) in [7, 11) is -3.33. The Morgan fingerprint density at radius 1 is 1.22 bits per heavy atom. The average Bonchev–Trinajstić information content (AvgIpc) is 3.03. The summed E-state index contributed by atoms with van der Waals surface area (Å²) in [5, 5.41) is 0.543. The van der Waals surface area contributed by atoms with Gasteiger partial charge in [0, 0.05) is 0 Å². The van der Waals surface area contributed by atoms with E-state index in [-0.39, 0.29) is 21.2 Å². The third-order valence-corrected chi connectivity index (χ3v) is 7.84. The Hall–Kier alpha value is 0.150. The van der Waals surface area contributed by atoms with E-state index in [1.165, 1.54) is 4.43 Å². The van der Waals surface area contributed by atoms with E-state index in [1.807, 2.05) is 12.1 Å². The molecule has 1 atom stereocenters. The topological polar surface area (TPSA) is 37.4 Å². The van der Waals surface area contributed by atoms with Crippen LogP contribution >= 0.6 is 11.6 Å². The van der Waals surface area contributed by atoms with Crippen molar-refractivity contribution in [3.63, 3.8) is 0 Å². The number of sulfonamides is 1. The maximum atomic E-state index is 12.5. The average molecular weight is 399 g/mol. The van der Waals surface area contributed by atoms with Gasteiger partial charge in [-0.05, 0) is 0 Å². The molecule has 18 heavy (non-hydrogen) atoms. The molecule has 0 bridgehead atoms. The van der Waals surface area contributed by atoms with E-state index in [0.717, 1.165) is 18.4 Å². The van der Waals surface area contributed by atoms with Gasteiger partial charge >= 0.3 is 124 Å². The molecule has 0 aliphatic carbocycles. The molecule has 6 heteroatoms. The van der Waals surface area contributed by atoms with Crippen molar-refractivity contribution in [3.05, 3.63) is 28.8 Å². The van der Waals surface area contributed by atoms with Crippen LogP contribution in [0.4, 0.5) is 0 Å². The van der Waals surface area contributed by atoms with Crippen LogP contribution in [-0.4, -0.2) is 30.2 Å². The molecule has 0 saturated carbocycles. The Kier molecular flexibility index (Phi) is 3.59. The Morgan fingerprint density at radius 2 is 1.89 bits per heavy atom. The van der Waals surface area contributed by atoms with Crippen molar-refractivity contribution in [2.45, 2.75) is 21.7 Å². The molecule has 2 heterocycles. The van der Waals surface area contributed by atoms with Gasteiger partial charge < -0.3 is 0 Å². The van der Waals surface area contributed by atoms with Crippen LogP contribution in [0.2, 0.25) is 5.02 Å². The van der Waals surface area contributed by atoms with E-state index in [1.54, 1.807) is 10.4 Å². The molecular formula is C12H14ClINO2S-. The van der Waals surface area contributed by atoms with E-state index in [4.69, 9.17) is 11.6 Å². The number of halogens is 2. The zero-order chi connectivity index (χ0) is 12.8. The number of hydrogen-bond acceptors (Lipinski definition) is 2. The Morgan fingerprint density at radius 3 is 2.50 bits per heavy atom. The molecule has 2 fully saturated rings. The predicted octanol–water partition coefficient (Wildman–Crippen LogP) is -0.732. The van der Waals surface area contributed by atoms with Gasteiger partial charge in [-0.1, -0.05) is 0 Å². The molecule has 0 aromatic heterocycles. The SMILES string of the molecule is O=S(=O)(c1cc(Cl)cc(C2C[I-]2)c1)N1CCCC1. The standard InChI is InChI=1S/C12H14ClINO2S/c13-10-5-9(12-8-14-12)6-11(7-10)18(16,17)15-3-1-2-4-15/h5-7,12H,1-4,8H2/q-1. The van der Waals surface area contributed by atoms with Crippen molar-refractivity contribution in [1.29, 1.82) is 0 Å². The summed E-state index contributed by atoms with van der Waals surface area (Å²) in [4.78, 5) is 0.378. The van der Waals surface area contributed by atoms with Crippen LogP contribution in [0.25, 0.3) is 0 Å². The molecule has 3 nitrogen and oxygen atoms in total. The maximum absolute atomic E-state index is 12.5. The van der Waals surface area contributed by atoms with Crippen molar-refractivity contribution in [2.75, 3.05) is 17.5 Å². The second kappa shape index (κ2) is 4.92. The molecule has 1 aromatic carbocycles. The van der Waals surface area contributed by atoms with Gasteiger partial charge in [0.1, 0.15) is 0 Å². The van der Waals surface area contributed by atoms with Gasteiger partial charge in [-0.2, -0.15) is 0 Å². The number of alkyl halides is 2. The summed E-state index contributed by atoms with van der Waals surface area (Å²) < 4.78 is 28.4. The normalized spacial score (nSPS) is 24.8. The second-order valence-corrected chi connectivity index (χ2v) is 10.2. The van der Waals surface area contributed by atoms with Gasteiger partial charge in [0.05, 0.1) is 0 Å². The first-order chi connectivity index (χ1) is 8.57. The molecule has 2 aliphatic rings. The number of benzene rings is 1. The fraction of sp³-hybridized carbons (Fsp3) is 0.500. The molecule has 2 saturated heterocycles. The fourth-order valence-electron chi connectivity index (χ4n) is 2.21. The van der Waals surface area contributed by atoms with E-state index in [9.17, 15) is 8.42 Å². The van der Waals surface area contributed by atoms with Crippen LogP contribution in [0.15, 0.2) is 23.1 Å². The van der Waals surface area contributed by atoms with Crippen molar-refractivity contribution >= 4 is 21.6 Å². The van der Waals surface area contributed by atoms with Crippen LogP contribution < -0.4 is 21.2 Å². The summed E-state index contributed by atoms with van der Waals surface area (Å²) in [6.45, 7) is 1.28. The number of nitrogens with zero attached hydrogens (tertiary/aromatic N) is 1. The molecule has 100 valence electrons. The van der Waals surface area contributed by atoms with E-state index in [2.05, 4.69) is 0 Å². The van der Waals surface area contributed by atoms with Crippen LogP contribution in [0.3, 0.4) is 0 Å². The molecule has 0 spiro atoms. The zero-order valence-electron chi connectivity index (χ0n) is 9.77. The third kappa shape index (κ3) is 2.55. The second-order valence-electron chi connectivity index (χ2n) is 4.61. The summed E-state index contributed by atoms with van der Waals surface area (Å²) >= 11 is 6.32. The van der Waals surface area contributed by atoms with Crippen LogP contribution in [0, 0.1) is 0 Å². The molecule has 0 radical (unpaired) electrons. The van der Waals surface area contributed by atoms with Gasteiger partial charge in [-0.3, -0.25) is 0 Å². The first kappa shape index (κ1) is 13.1. The van der Waals surface area contributed by atoms with Crippen LogP contribution in [0.5, 0.6) is 0 Å². The van der Waals surface area contributed by atoms with Gasteiger partial charge in [0.15, 0.2) is 0 Å². The summed E-state index contributed by atoms with van der Waals surface area (Å²) in [6.07, 6.45) is 1.92. The Bertz CT molecular complexity index is 565. The van der Waals surface area contributed by atoms with Crippen LogP contribution in [0.1, 0.15) is 22.3 Å². The molecule has 2 aliphatic heterocycles. The van der Waals surface area contributed by atoms with E-state index < -0.39 is 10.0 Å². The van der Waals surface area contributed by atoms with Gasteiger partial charge in [-0.15, -0.1) is 0 Å². The first-order valence-corrected chi connectivity index (χ1v) is 10.5. The van der Waals surface area contributed by atoms with Gasteiger partial charge in [0.2, 0.25) is 0 Å². The quantitative estimate of drug-likeness (QED) is 0.497. The monoisotopic (exact) mass is 398 g/mol. The van der Waals surface area contributed by atoms with Gasteiger partial charge in [0.25, 0.3) is 0 Å². The summed E-state index contributed by atoms with van der Waals surface area (Å²) in [6, 6.07) is 5.33. The zero-order valence-corrected chi connectivity index (χ0v) is 13.5. The predicted molar refractivity (Wildman–Crippen MR) is 67.1 cm³/mol. The Balaban J connectivity index is 1.99. The molecule has 0 amide bonds. The minimum atomic E-state index is -3.33.